The highest BCUT2D eigenvalue weighted by molar-refractivity contribution is 5.74. The second-order valence-corrected chi connectivity index (χ2v) is 8.12. The molecule has 18 nitrogen and oxygen atoms in total. The van der Waals surface area contributed by atoms with Crippen molar-refractivity contribution in [2.24, 2.45) is 52.2 Å². The summed E-state index contributed by atoms with van der Waals surface area (Å²) in [6.45, 7) is 9.83. The average molecular weight is 577 g/mol. The number of hydrogen-bond acceptors (Lipinski definition) is 12. The molecule has 39 heavy (non-hydrogen) atoms. The molecule has 0 amide bonds. The van der Waals surface area contributed by atoms with Gasteiger partial charge in [0, 0.05) is 0 Å². The fourth-order valence-electron chi connectivity index (χ4n) is 0.855. The molecule has 0 spiro atoms. The first kappa shape index (κ1) is 48.6. The van der Waals surface area contributed by atoms with Crippen LogP contribution in [0.3, 0.4) is 0 Å². The van der Waals surface area contributed by atoms with Crippen molar-refractivity contribution in [2.45, 2.75) is 59.7 Å². The summed E-state index contributed by atoms with van der Waals surface area (Å²) in [4.78, 5) is 57.8. The van der Waals surface area contributed by atoms with Crippen molar-refractivity contribution < 1.29 is 59.4 Å². The molecule has 0 aromatic carbocycles. The predicted molar refractivity (Wildman–Crippen MR) is 141 cm³/mol. The fourth-order valence-corrected chi connectivity index (χ4v) is 0.855. The third kappa shape index (κ3) is 52.0. The molecular weight excluding hydrogens is 528 g/mol. The van der Waals surface area contributed by atoms with Crippen LogP contribution in [0.4, 0.5) is 0 Å². The van der Waals surface area contributed by atoms with Crippen molar-refractivity contribution in [2.75, 3.05) is 19.6 Å². The first-order chi connectivity index (χ1) is 17.5. The van der Waals surface area contributed by atoms with Crippen LogP contribution in [-0.2, 0) is 28.8 Å². The van der Waals surface area contributed by atoms with Gasteiger partial charge >= 0.3 is 35.8 Å². The van der Waals surface area contributed by atoms with Crippen LogP contribution in [0.2, 0.25) is 0 Å². The summed E-state index contributed by atoms with van der Waals surface area (Å²) in [6.07, 6.45) is 0. The van der Waals surface area contributed by atoms with Crippen LogP contribution in [0.15, 0.2) is 0 Å². The first-order valence-electron chi connectivity index (χ1n) is 11.2. The van der Waals surface area contributed by atoms with Crippen LogP contribution in [0.1, 0.15) is 41.5 Å². The predicted octanol–water partition coefficient (Wildman–Crippen LogP) is -2.75. The van der Waals surface area contributed by atoms with Gasteiger partial charge in [-0.05, 0) is 17.8 Å². The molecule has 0 aliphatic heterocycles. The van der Waals surface area contributed by atoms with Gasteiger partial charge in [0.15, 0.2) is 0 Å². The summed E-state index contributed by atoms with van der Waals surface area (Å²) < 4.78 is 0. The summed E-state index contributed by atoms with van der Waals surface area (Å²) in [5, 5.41) is 47.5. The molecule has 0 fully saturated rings. The zero-order valence-corrected chi connectivity index (χ0v) is 23.2. The maximum atomic E-state index is 10.0. The van der Waals surface area contributed by atoms with Gasteiger partial charge in [-0.15, -0.1) is 0 Å². The molecule has 18 heteroatoms. The van der Waals surface area contributed by atoms with Crippen LogP contribution in [0.5, 0.6) is 0 Å². The zero-order chi connectivity index (χ0) is 33.0. The molecule has 0 aromatic heterocycles. The Hall–Kier alpha value is -3.42. The van der Waals surface area contributed by atoms with Crippen LogP contribution in [0.25, 0.3) is 0 Å². The van der Waals surface area contributed by atoms with Gasteiger partial charge in [0.1, 0.15) is 18.1 Å². The minimum absolute atomic E-state index is 0.0208. The third-order valence-electron chi connectivity index (χ3n) is 3.53. The number of carboxylic acid groups (broad SMARTS) is 6. The Morgan fingerprint density at radius 2 is 0.538 bits per heavy atom. The van der Waals surface area contributed by atoms with Crippen LogP contribution >= 0.6 is 0 Å². The second kappa shape index (κ2) is 30.8. The molecule has 18 N–H and O–H groups in total. The Balaban J connectivity index is -0.0000000850. The molecule has 0 aliphatic rings. The summed E-state index contributed by atoms with van der Waals surface area (Å²) in [5.74, 6) is -5.63. The van der Waals surface area contributed by atoms with E-state index in [0.717, 1.165) is 0 Å². The molecule has 0 saturated carbocycles. The molecule has 0 bridgehead atoms. The Bertz CT molecular complexity index is 600. The van der Waals surface area contributed by atoms with Gasteiger partial charge < -0.3 is 65.0 Å². The maximum Gasteiger partial charge on any atom is 0.320 e. The van der Waals surface area contributed by atoms with E-state index in [2.05, 4.69) is 17.2 Å². The Morgan fingerprint density at radius 1 is 0.436 bits per heavy atom. The van der Waals surface area contributed by atoms with Gasteiger partial charge in [-0.25, -0.2) is 0 Å². The van der Waals surface area contributed by atoms with Gasteiger partial charge in [-0.3, -0.25) is 28.8 Å². The smallest absolute Gasteiger partial charge is 0.320 e. The largest absolute Gasteiger partial charge is 0.480 e. The number of carbonyl (C=O) groups is 6. The minimum Gasteiger partial charge on any atom is -0.480 e. The van der Waals surface area contributed by atoms with Gasteiger partial charge in [-0.1, -0.05) is 41.5 Å². The van der Waals surface area contributed by atoms with Crippen molar-refractivity contribution in [1.82, 2.24) is 0 Å². The highest BCUT2D eigenvalue weighted by Crippen LogP contribution is 1.97. The van der Waals surface area contributed by atoms with E-state index in [9.17, 15) is 28.8 Å². The van der Waals surface area contributed by atoms with Crippen LogP contribution in [-0.4, -0.2) is 104 Å². The van der Waals surface area contributed by atoms with Crippen molar-refractivity contribution in [1.29, 1.82) is 0 Å². The Labute approximate surface area is 227 Å². The van der Waals surface area contributed by atoms with Gasteiger partial charge in [-0.2, -0.15) is 0 Å². The molecule has 0 saturated heterocycles. The van der Waals surface area contributed by atoms with Gasteiger partial charge in [0.2, 0.25) is 0 Å². The van der Waals surface area contributed by atoms with E-state index in [4.69, 9.17) is 47.8 Å². The van der Waals surface area contributed by atoms with E-state index >= 15 is 0 Å². The first-order valence-corrected chi connectivity index (χ1v) is 11.2. The SMILES string of the molecule is CC(C)[C@H](N)C(=O)O.CC(C)[C@H](N)C(=O)O.CC(C)[C@H](N)C(=O)O.NCC(=O)O.NCC(=O)O.NCC(=O)O. The monoisotopic (exact) mass is 576 g/mol. The summed E-state index contributed by atoms with van der Waals surface area (Å²) >= 11 is 0. The van der Waals surface area contributed by atoms with Crippen molar-refractivity contribution in [3.8, 4) is 0 Å². The minimum atomic E-state index is -0.968. The highest BCUT2D eigenvalue weighted by Gasteiger charge is 2.15. The third-order valence-corrected chi connectivity index (χ3v) is 3.53. The normalized spacial score (nSPS) is 11.5. The lowest BCUT2D eigenvalue weighted by Crippen LogP contribution is -2.34. The lowest BCUT2D eigenvalue weighted by atomic mass is 10.1. The maximum absolute atomic E-state index is 10.0. The highest BCUT2D eigenvalue weighted by atomic mass is 16.4. The van der Waals surface area contributed by atoms with E-state index in [1.807, 2.05) is 0 Å². The molecule has 0 aliphatic carbocycles. The van der Waals surface area contributed by atoms with Gasteiger partial charge in [0.05, 0.1) is 19.6 Å². The van der Waals surface area contributed by atoms with Crippen molar-refractivity contribution in [3.63, 3.8) is 0 Å². The summed E-state index contributed by atoms with van der Waals surface area (Å²) in [6, 6.07) is -2.14. The standard InChI is InChI=1S/3C5H11NO2.3C2H5NO2/c3*1-3(2)4(6)5(7)8;3*3-1-2(4)5/h3*3-4H,6H2,1-2H3,(H,7,8);3*1,3H2,(H,4,5)/t3*4-;;;/m000.../s1. The second-order valence-electron chi connectivity index (χ2n) is 8.12. The quantitative estimate of drug-likeness (QED) is 0.132. The molecule has 0 unspecified atom stereocenters. The summed E-state index contributed by atoms with van der Waals surface area (Å²) in [7, 11) is 0. The van der Waals surface area contributed by atoms with E-state index in [0.29, 0.717) is 0 Å². The van der Waals surface area contributed by atoms with Gasteiger partial charge in [0.25, 0.3) is 0 Å². The van der Waals surface area contributed by atoms with E-state index in [-0.39, 0.29) is 37.4 Å². The molecular formula is C21H48N6O12. The Kier molecular flexibility index (Phi) is 38.4. The number of nitrogens with two attached hydrogens (primary N) is 6. The van der Waals surface area contributed by atoms with Crippen molar-refractivity contribution in [3.05, 3.63) is 0 Å². The Morgan fingerprint density at radius 3 is 0.538 bits per heavy atom. The number of carboxylic acids is 6. The molecule has 0 aromatic rings. The van der Waals surface area contributed by atoms with E-state index in [1.54, 1.807) is 41.5 Å². The molecule has 0 radical (unpaired) electrons. The molecule has 3 atom stereocenters. The average Bonchev–Trinajstić information content (AvgIpc) is 2.83. The van der Waals surface area contributed by atoms with Crippen LogP contribution < -0.4 is 34.4 Å². The topological polar surface area (TPSA) is 380 Å². The number of hydrogen-bond donors (Lipinski definition) is 12. The van der Waals surface area contributed by atoms with E-state index < -0.39 is 53.9 Å². The number of rotatable bonds is 9. The van der Waals surface area contributed by atoms with E-state index in [1.165, 1.54) is 0 Å². The molecule has 0 rings (SSSR count). The summed E-state index contributed by atoms with van der Waals surface area (Å²) in [5.41, 5.74) is 29.2. The van der Waals surface area contributed by atoms with Crippen molar-refractivity contribution >= 4 is 35.8 Å². The molecule has 234 valence electrons. The van der Waals surface area contributed by atoms with Crippen LogP contribution in [0, 0.1) is 17.8 Å². The molecule has 0 heterocycles. The fraction of sp³-hybridized carbons (Fsp3) is 0.714. The lowest BCUT2D eigenvalue weighted by Gasteiger charge is -2.07. The number of aliphatic carboxylic acids is 6. The lowest BCUT2D eigenvalue weighted by molar-refractivity contribution is -0.140. The zero-order valence-electron chi connectivity index (χ0n) is 23.2.